The molecule has 0 spiro atoms. The first-order valence-electron chi connectivity index (χ1n) is 3.17. The molecule has 0 aromatic heterocycles. The molecule has 0 amide bonds. The summed E-state index contributed by atoms with van der Waals surface area (Å²) in [5.74, 6) is 0.0786. The summed E-state index contributed by atoms with van der Waals surface area (Å²) in [6.45, 7) is 5.98. The average molecular weight is 209 g/mol. The quantitative estimate of drug-likeness (QED) is 0.662. The molecule has 0 N–H and O–H groups in total. The number of Topliss-reactive ketones (excluding diaryl/α,β-unsaturated/α-hetero) is 1. The maximum absolute atomic E-state index is 10.7. The number of halogens is 1. The van der Waals surface area contributed by atoms with Gasteiger partial charge in [-0.3, -0.25) is 4.79 Å². The number of ether oxygens (including phenoxy) is 1. The molecule has 3 heteroatoms. The van der Waals surface area contributed by atoms with Crippen molar-refractivity contribution in [2.24, 2.45) is 0 Å². The first-order chi connectivity index (χ1) is 4.45. The second kappa shape index (κ2) is 4.09. The van der Waals surface area contributed by atoms with Crippen molar-refractivity contribution in [3.05, 3.63) is 0 Å². The summed E-state index contributed by atoms with van der Waals surface area (Å²) in [5, 5.41) is 0.378. The molecule has 0 saturated carbocycles. The topological polar surface area (TPSA) is 26.3 Å². The van der Waals surface area contributed by atoms with Gasteiger partial charge < -0.3 is 4.74 Å². The molecule has 0 aromatic rings. The molecule has 0 radical (unpaired) electrons. The predicted octanol–water partition coefficient (Wildman–Crippen LogP) is 1.77. The molecule has 0 heterocycles. The highest BCUT2D eigenvalue weighted by Gasteiger charge is 2.11. The van der Waals surface area contributed by atoms with Crippen LogP contribution in [0, 0.1) is 0 Å². The van der Waals surface area contributed by atoms with Crippen LogP contribution in [0.2, 0.25) is 0 Å². The summed E-state index contributed by atoms with van der Waals surface area (Å²) in [4.78, 5) is 10.7. The maximum atomic E-state index is 10.7. The third-order valence-corrected chi connectivity index (χ3v) is 1.44. The number of rotatable bonds is 3. The molecule has 60 valence electrons. The van der Waals surface area contributed by atoms with Crippen molar-refractivity contribution in [2.75, 3.05) is 11.9 Å². The van der Waals surface area contributed by atoms with Crippen LogP contribution < -0.4 is 0 Å². The van der Waals surface area contributed by atoms with Crippen LogP contribution in [-0.4, -0.2) is 23.3 Å². The monoisotopic (exact) mass is 208 g/mol. The molecular weight excluding hydrogens is 196 g/mol. The fourth-order valence-electron chi connectivity index (χ4n) is 0.336. The van der Waals surface area contributed by atoms with E-state index in [-0.39, 0.29) is 18.0 Å². The average Bonchev–Trinajstić information content (AvgIpc) is 1.81. The lowest BCUT2D eigenvalue weighted by Gasteiger charge is -2.18. The second-order valence-corrected chi connectivity index (χ2v) is 3.63. The molecule has 10 heavy (non-hydrogen) atoms. The summed E-state index contributed by atoms with van der Waals surface area (Å²) in [6, 6.07) is 0. The van der Waals surface area contributed by atoms with E-state index in [2.05, 4.69) is 15.9 Å². The predicted molar refractivity (Wildman–Crippen MR) is 44.5 cm³/mol. The molecule has 0 bridgehead atoms. The van der Waals surface area contributed by atoms with Crippen molar-refractivity contribution in [3.8, 4) is 0 Å². The van der Waals surface area contributed by atoms with E-state index < -0.39 is 0 Å². The minimum Gasteiger partial charge on any atom is -0.368 e. The zero-order valence-corrected chi connectivity index (χ0v) is 8.19. The van der Waals surface area contributed by atoms with Crippen LogP contribution in [0.4, 0.5) is 0 Å². The van der Waals surface area contributed by atoms with Crippen molar-refractivity contribution in [2.45, 2.75) is 26.4 Å². The van der Waals surface area contributed by atoms with E-state index in [0.717, 1.165) is 0 Å². The van der Waals surface area contributed by atoms with Crippen molar-refractivity contribution < 1.29 is 9.53 Å². The van der Waals surface area contributed by atoms with Crippen molar-refractivity contribution in [1.82, 2.24) is 0 Å². The highest BCUT2D eigenvalue weighted by Crippen LogP contribution is 2.05. The van der Waals surface area contributed by atoms with E-state index in [1.165, 1.54) is 0 Å². The van der Waals surface area contributed by atoms with Gasteiger partial charge in [0.2, 0.25) is 0 Å². The zero-order valence-electron chi connectivity index (χ0n) is 6.61. The first kappa shape index (κ1) is 10.1. The number of alkyl halides is 1. The van der Waals surface area contributed by atoms with E-state index in [4.69, 9.17) is 4.74 Å². The Morgan fingerprint density at radius 1 is 1.50 bits per heavy atom. The Morgan fingerprint density at radius 2 is 2.00 bits per heavy atom. The van der Waals surface area contributed by atoms with E-state index in [0.29, 0.717) is 5.33 Å². The van der Waals surface area contributed by atoms with Crippen LogP contribution in [0.5, 0.6) is 0 Å². The summed E-state index contributed by atoms with van der Waals surface area (Å²) in [5.41, 5.74) is -0.210. The smallest absolute Gasteiger partial charge is 0.168 e. The van der Waals surface area contributed by atoms with Gasteiger partial charge in [0.1, 0.15) is 6.61 Å². The Hall–Kier alpha value is 0.110. The second-order valence-electron chi connectivity index (χ2n) is 3.07. The van der Waals surface area contributed by atoms with Gasteiger partial charge >= 0.3 is 0 Å². The van der Waals surface area contributed by atoms with Gasteiger partial charge in [-0.05, 0) is 20.8 Å². The molecule has 0 aliphatic heterocycles. The Balaban J connectivity index is 3.46. The highest BCUT2D eigenvalue weighted by atomic mass is 79.9. The standard InChI is InChI=1S/C7H13BrO2/c1-7(2,3)10-5-6(9)4-8/h4-5H2,1-3H3. The fourth-order valence-corrected chi connectivity index (χ4v) is 0.497. The van der Waals surface area contributed by atoms with Gasteiger partial charge in [-0.1, -0.05) is 15.9 Å². The minimum atomic E-state index is -0.210. The Bertz CT molecular complexity index is 115. The summed E-state index contributed by atoms with van der Waals surface area (Å²) >= 11 is 3.05. The molecule has 0 aromatic carbocycles. The third-order valence-electron chi connectivity index (χ3n) is 0.815. The molecule has 0 aliphatic carbocycles. The van der Waals surface area contributed by atoms with Crippen molar-refractivity contribution in [3.63, 3.8) is 0 Å². The molecule has 0 rings (SSSR count). The summed E-state index contributed by atoms with van der Waals surface area (Å²) < 4.78 is 5.20. The SMILES string of the molecule is CC(C)(C)OCC(=O)CBr. The van der Waals surface area contributed by atoms with Crippen molar-refractivity contribution >= 4 is 21.7 Å². The molecule has 0 saturated heterocycles. The highest BCUT2D eigenvalue weighted by molar-refractivity contribution is 9.09. The maximum Gasteiger partial charge on any atom is 0.168 e. The number of carbonyl (C=O) groups excluding carboxylic acids is 1. The van der Waals surface area contributed by atoms with Crippen LogP contribution >= 0.6 is 15.9 Å². The van der Waals surface area contributed by atoms with Gasteiger partial charge in [-0.25, -0.2) is 0 Å². The summed E-state index contributed by atoms with van der Waals surface area (Å²) in [7, 11) is 0. The fraction of sp³-hybridized carbons (Fsp3) is 0.857. The lowest BCUT2D eigenvalue weighted by Crippen LogP contribution is -2.23. The first-order valence-corrected chi connectivity index (χ1v) is 4.29. The Kier molecular flexibility index (Phi) is 4.13. The van der Waals surface area contributed by atoms with Gasteiger partial charge in [0.25, 0.3) is 0 Å². The number of hydrogen-bond acceptors (Lipinski definition) is 2. The van der Waals surface area contributed by atoms with Crippen LogP contribution in [0.15, 0.2) is 0 Å². The largest absolute Gasteiger partial charge is 0.368 e. The van der Waals surface area contributed by atoms with Crippen molar-refractivity contribution in [1.29, 1.82) is 0 Å². The third kappa shape index (κ3) is 6.23. The van der Waals surface area contributed by atoms with E-state index in [1.54, 1.807) is 0 Å². The van der Waals surface area contributed by atoms with E-state index >= 15 is 0 Å². The van der Waals surface area contributed by atoms with Gasteiger partial charge in [0.15, 0.2) is 5.78 Å². The Labute approximate surface area is 70.1 Å². The summed E-state index contributed by atoms with van der Waals surface area (Å²) in [6.07, 6.45) is 0. The Morgan fingerprint density at radius 3 is 2.30 bits per heavy atom. The molecule has 2 nitrogen and oxygen atoms in total. The molecule has 0 aliphatic rings. The van der Waals surface area contributed by atoms with Gasteiger partial charge in [0, 0.05) is 0 Å². The number of hydrogen-bond donors (Lipinski definition) is 0. The van der Waals surface area contributed by atoms with Crippen LogP contribution in [0.25, 0.3) is 0 Å². The lowest BCUT2D eigenvalue weighted by molar-refractivity contribution is -0.125. The van der Waals surface area contributed by atoms with E-state index in [9.17, 15) is 4.79 Å². The lowest BCUT2D eigenvalue weighted by atomic mass is 10.2. The molecule has 0 fully saturated rings. The molecule has 0 unspecified atom stereocenters. The van der Waals surface area contributed by atoms with E-state index in [1.807, 2.05) is 20.8 Å². The van der Waals surface area contributed by atoms with Gasteiger partial charge in [-0.15, -0.1) is 0 Å². The van der Waals surface area contributed by atoms with Gasteiger partial charge in [-0.2, -0.15) is 0 Å². The van der Waals surface area contributed by atoms with Crippen LogP contribution in [-0.2, 0) is 9.53 Å². The number of ketones is 1. The number of carbonyl (C=O) groups is 1. The van der Waals surface area contributed by atoms with Crippen LogP contribution in [0.1, 0.15) is 20.8 Å². The van der Waals surface area contributed by atoms with Crippen LogP contribution in [0.3, 0.4) is 0 Å². The molecular formula is C7H13BrO2. The van der Waals surface area contributed by atoms with Gasteiger partial charge in [0.05, 0.1) is 10.9 Å². The zero-order chi connectivity index (χ0) is 8.20. The normalized spacial score (nSPS) is 11.6. The molecule has 0 atom stereocenters. The minimum absolute atomic E-state index is 0.0786.